The average molecular weight is 344 g/mol. The molecule has 4 nitrogen and oxygen atoms in total. The molecular weight excluding hydrogens is 302 g/mol. The van der Waals surface area contributed by atoms with E-state index in [1.807, 2.05) is 6.92 Å². The molecule has 2 N–H and O–H groups in total. The Bertz CT molecular complexity index is 272. The Morgan fingerprint density at radius 2 is 1.54 bits per heavy atom. The maximum absolute atomic E-state index is 11.8. The molecule has 0 fully saturated rings. The highest BCUT2D eigenvalue weighted by atomic mass is 16.5. The smallest absolute Gasteiger partial charge is 0.306 e. The largest absolute Gasteiger partial charge is 0.463 e. The lowest BCUT2D eigenvalue weighted by Crippen LogP contribution is -2.18. The van der Waals surface area contributed by atoms with Crippen LogP contribution in [0.3, 0.4) is 0 Å². The minimum absolute atomic E-state index is 0.0295. The SMILES string of the molecule is CCCCCCCCCC(=O)OC(C)CCCCNCCCCO. The maximum Gasteiger partial charge on any atom is 0.306 e. The summed E-state index contributed by atoms with van der Waals surface area (Å²) in [5, 5.41) is 12.1. The van der Waals surface area contributed by atoms with Crippen molar-refractivity contribution < 1.29 is 14.6 Å². The summed E-state index contributed by atoms with van der Waals surface area (Å²) in [4.78, 5) is 11.8. The van der Waals surface area contributed by atoms with Crippen molar-refractivity contribution in [1.82, 2.24) is 5.32 Å². The first-order valence-corrected chi connectivity index (χ1v) is 10.2. The van der Waals surface area contributed by atoms with Crippen LogP contribution in [0.2, 0.25) is 0 Å². The van der Waals surface area contributed by atoms with E-state index in [-0.39, 0.29) is 18.7 Å². The number of hydrogen-bond donors (Lipinski definition) is 2. The Morgan fingerprint density at radius 1 is 0.917 bits per heavy atom. The van der Waals surface area contributed by atoms with Gasteiger partial charge in [-0.15, -0.1) is 0 Å². The van der Waals surface area contributed by atoms with Crippen molar-refractivity contribution in [2.45, 2.75) is 103 Å². The number of unbranched alkanes of at least 4 members (excludes halogenated alkanes) is 8. The topological polar surface area (TPSA) is 58.6 Å². The standard InChI is InChI=1S/C20H41NO3/c1-3-4-5-6-7-8-9-15-20(23)24-19(2)14-10-11-16-21-17-12-13-18-22/h19,21-22H,3-18H2,1-2H3. The monoisotopic (exact) mass is 343 g/mol. The molecule has 1 unspecified atom stereocenters. The number of carbonyl (C=O) groups is 1. The van der Waals surface area contributed by atoms with Crippen LogP contribution in [-0.4, -0.2) is 36.9 Å². The van der Waals surface area contributed by atoms with E-state index < -0.39 is 0 Å². The van der Waals surface area contributed by atoms with Gasteiger partial charge in [-0.2, -0.15) is 0 Å². The van der Waals surface area contributed by atoms with E-state index in [9.17, 15) is 4.79 Å². The second kappa shape index (κ2) is 18.7. The van der Waals surface area contributed by atoms with Crippen molar-refractivity contribution in [1.29, 1.82) is 0 Å². The third kappa shape index (κ3) is 17.7. The van der Waals surface area contributed by atoms with Crippen LogP contribution in [0.15, 0.2) is 0 Å². The fourth-order valence-corrected chi connectivity index (χ4v) is 2.74. The van der Waals surface area contributed by atoms with Gasteiger partial charge in [0.1, 0.15) is 0 Å². The predicted molar refractivity (Wildman–Crippen MR) is 101 cm³/mol. The minimum Gasteiger partial charge on any atom is -0.463 e. The molecule has 0 aromatic carbocycles. The molecule has 0 rings (SSSR count). The molecular formula is C20H41NO3. The quantitative estimate of drug-likeness (QED) is 0.282. The first kappa shape index (κ1) is 23.4. The number of rotatable bonds is 18. The number of nitrogens with one attached hydrogen (secondary N) is 1. The summed E-state index contributed by atoms with van der Waals surface area (Å²) in [6, 6.07) is 0. The van der Waals surface area contributed by atoms with Crippen molar-refractivity contribution in [2.24, 2.45) is 0 Å². The number of esters is 1. The number of carbonyl (C=O) groups excluding carboxylic acids is 1. The zero-order valence-electron chi connectivity index (χ0n) is 16.2. The Kier molecular flexibility index (Phi) is 18.2. The molecule has 0 amide bonds. The van der Waals surface area contributed by atoms with Crippen LogP contribution in [0.5, 0.6) is 0 Å². The minimum atomic E-state index is -0.0295. The zero-order valence-corrected chi connectivity index (χ0v) is 16.2. The van der Waals surface area contributed by atoms with Gasteiger partial charge in [-0.1, -0.05) is 45.4 Å². The lowest BCUT2D eigenvalue weighted by Gasteiger charge is -2.13. The molecule has 0 saturated heterocycles. The van der Waals surface area contributed by atoms with Crippen molar-refractivity contribution in [3.63, 3.8) is 0 Å². The molecule has 144 valence electrons. The number of aliphatic hydroxyl groups is 1. The molecule has 0 bridgehead atoms. The number of hydrogen-bond acceptors (Lipinski definition) is 4. The van der Waals surface area contributed by atoms with Crippen molar-refractivity contribution in [2.75, 3.05) is 19.7 Å². The van der Waals surface area contributed by atoms with E-state index in [0.717, 1.165) is 58.0 Å². The third-order valence-corrected chi connectivity index (χ3v) is 4.29. The Balaban J connectivity index is 3.33. The summed E-state index contributed by atoms with van der Waals surface area (Å²) < 4.78 is 5.47. The van der Waals surface area contributed by atoms with Crippen LogP contribution >= 0.6 is 0 Å². The van der Waals surface area contributed by atoms with E-state index in [1.54, 1.807) is 0 Å². The molecule has 0 aromatic heterocycles. The lowest BCUT2D eigenvalue weighted by atomic mass is 10.1. The van der Waals surface area contributed by atoms with Crippen LogP contribution in [0.1, 0.15) is 97.3 Å². The average Bonchev–Trinajstić information content (AvgIpc) is 2.56. The Labute approximate surface area is 149 Å². The van der Waals surface area contributed by atoms with Crippen molar-refractivity contribution in [3.05, 3.63) is 0 Å². The molecule has 0 saturated carbocycles. The number of aliphatic hydroxyl groups excluding tert-OH is 1. The second-order valence-corrected chi connectivity index (χ2v) is 6.85. The van der Waals surface area contributed by atoms with Gasteiger partial charge in [0.25, 0.3) is 0 Å². The van der Waals surface area contributed by atoms with Crippen molar-refractivity contribution >= 4 is 5.97 Å². The van der Waals surface area contributed by atoms with Gasteiger partial charge in [-0.3, -0.25) is 4.79 Å². The predicted octanol–water partition coefficient (Wildman–Crippen LogP) is 4.59. The zero-order chi connectivity index (χ0) is 17.9. The number of ether oxygens (including phenoxy) is 1. The molecule has 0 radical (unpaired) electrons. The lowest BCUT2D eigenvalue weighted by molar-refractivity contribution is -0.148. The van der Waals surface area contributed by atoms with Gasteiger partial charge < -0.3 is 15.2 Å². The Morgan fingerprint density at radius 3 is 2.21 bits per heavy atom. The van der Waals surface area contributed by atoms with Gasteiger partial charge in [0.15, 0.2) is 0 Å². The summed E-state index contributed by atoms with van der Waals surface area (Å²) >= 11 is 0. The van der Waals surface area contributed by atoms with E-state index in [1.165, 1.54) is 32.1 Å². The molecule has 0 aliphatic carbocycles. The van der Waals surface area contributed by atoms with Gasteiger partial charge in [-0.25, -0.2) is 0 Å². The summed E-state index contributed by atoms with van der Waals surface area (Å²) in [5.74, 6) is -0.0295. The Hall–Kier alpha value is -0.610. The highest BCUT2D eigenvalue weighted by Gasteiger charge is 2.08. The first-order chi connectivity index (χ1) is 11.7. The van der Waals surface area contributed by atoms with Crippen LogP contribution < -0.4 is 5.32 Å². The fraction of sp³-hybridized carbons (Fsp3) is 0.950. The van der Waals surface area contributed by atoms with E-state index in [0.29, 0.717) is 6.42 Å². The van der Waals surface area contributed by atoms with Crippen LogP contribution in [0.25, 0.3) is 0 Å². The van der Waals surface area contributed by atoms with Crippen molar-refractivity contribution in [3.8, 4) is 0 Å². The normalized spacial score (nSPS) is 12.3. The summed E-state index contributed by atoms with van der Waals surface area (Å²) in [6.45, 7) is 6.49. The maximum atomic E-state index is 11.8. The summed E-state index contributed by atoms with van der Waals surface area (Å²) in [7, 11) is 0. The van der Waals surface area contributed by atoms with Gasteiger partial charge in [0, 0.05) is 13.0 Å². The first-order valence-electron chi connectivity index (χ1n) is 10.2. The van der Waals surface area contributed by atoms with Gasteiger partial charge >= 0.3 is 5.97 Å². The summed E-state index contributed by atoms with van der Waals surface area (Å²) in [6.07, 6.45) is 14.3. The molecule has 0 aliphatic rings. The molecule has 1 atom stereocenters. The van der Waals surface area contributed by atoms with Gasteiger partial charge in [0.2, 0.25) is 0 Å². The molecule has 4 heteroatoms. The molecule has 0 spiro atoms. The molecule has 0 aliphatic heterocycles. The summed E-state index contributed by atoms with van der Waals surface area (Å²) in [5.41, 5.74) is 0. The molecule has 0 aromatic rings. The van der Waals surface area contributed by atoms with E-state index in [4.69, 9.17) is 9.84 Å². The van der Waals surface area contributed by atoms with Crippen LogP contribution in [-0.2, 0) is 9.53 Å². The van der Waals surface area contributed by atoms with Gasteiger partial charge in [-0.05, 0) is 58.5 Å². The van der Waals surface area contributed by atoms with E-state index >= 15 is 0 Å². The molecule has 0 heterocycles. The fourth-order valence-electron chi connectivity index (χ4n) is 2.74. The third-order valence-electron chi connectivity index (χ3n) is 4.29. The van der Waals surface area contributed by atoms with Crippen LogP contribution in [0.4, 0.5) is 0 Å². The second-order valence-electron chi connectivity index (χ2n) is 6.85. The van der Waals surface area contributed by atoms with Gasteiger partial charge in [0.05, 0.1) is 6.10 Å². The van der Waals surface area contributed by atoms with E-state index in [2.05, 4.69) is 12.2 Å². The highest BCUT2D eigenvalue weighted by Crippen LogP contribution is 2.10. The highest BCUT2D eigenvalue weighted by molar-refractivity contribution is 5.69. The molecule has 24 heavy (non-hydrogen) atoms. The van der Waals surface area contributed by atoms with Crippen LogP contribution in [0, 0.1) is 0 Å².